The second-order valence-electron chi connectivity index (χ2n) is 5.18. The van der Waals surface area contributed by atoms with Gasteiger partial charge in [0.1, 0.15) is 12.6 Å². The summed E-state index contributed by atoms with van der Waals surface area (Å²) in [6.07, 6.45) is 5.74. The molecule has 0 unspecified atom stereocenters. The van der Waals surface area contributed by atoms with Crippen molar-refractivity contribution in [2.24, 2.45) is 0 Å². The van der Waals surface area contributed by atoms with Crippen molar-refractivity contribution in [1.29, 1.82) is 0 Å². The van der Waals surface area contributed by atoms with Crippen LogP contribution in [0.3, 0.4) is 0 Å². The average Bonchev–Trinajstić information content (AvgIpc) is 3.00. The average molecular weight is 350 g/mol. The molecular weight excluding hydrogens is 330 g/mol. The molecule has 0 aliphatic carbocycles. The van der Waals surface area contributed by atoms with E-state index in [1.54, 1.807) is 0 Å². The Morgan fingerprint density at radius 1 is 1.29 bits per heavy atom. The van der Waals surface area contributed by atoms with E-state index >= 15 is 0 Å². The van der Waals surface area contributed by atoms with Gasteiger partial charge in [-0.25, -0.2) is 4.98 Å². The number of halogens is 1. The Morgan fingerprint density at radius 3 is 2.67 bits per heavy atom. The Kier molecular flexibility index (Phi) is 5.70. The van der Waals surface area contributed by atoms with Crippen molar-refractivity contribution in [2.45, 2.75) is 25.3 Å². The summed E-state index contributed by atoms with van der Waals surface area (Å²) in [6.45, 7) is 3.17. The normalized spacial score (nSPS) is 18.9. The van der Waals surface area contributed by atoms with E-state index in [2.05, 4.69) is 62.1 Å². The summed E-state index contributed by atoms with van der Waals surface area (Å²) in [5.74, 6) is 1.10. The van der Waals surface area contributed by atoms with Crippen molar-refractivity contribution in [3.05, 3.63) is 40.8 Å². The first-order valence-corrected chi connectivity index (χ1v) is 7.83. The van der Waals surface area contributed by atoms with Gasteiger partial charge in [0.25, 0.3) is 0 Å². The quantitative estimate of drug-likeness (QED) is 0.896. The van der Waals surface area contributed by atoms with Crippen LogP contribution >= 0.6 is 15.9 Å². The van der Waals surface area contributed by atoms with Crippen LogP contribution in [-0.4, -0.2) is 35.2 Å². The van der Waals surface area contributed by atoms with Crippen molar-refractivity contribution in [1.82, 2.24) is 14.9 Å². The number of hydrogen-bond donors (Lipinski definition) is 1. The minimum atomic E-state index is 0.443. The molecule has 0 spiro atoms. The summed E-state index contributed by atoms with van der Waals surface area (Å²) >= 11 is 3.46. The van der Waals surface area contributed by atoms with Crippen molar-refractivity contribution in [3.8, 4) is 11.3 Å². The first-order valence-electron chi connectivity index (χ1n) is 7.04. The van der Waals surface area contributed by atoms with Crippen molar-refractivity contribution >= 4 is 22.7 Å². The molecular formula is C16H20BrN3O. The number of carbonyl (C=O) groups excluding carboxylic acids is 1. The van der Waals surface area contributed by atoms with Crippen molar-refractivity contribution in [2.75, 3.05) is 13.6 Å². The number of hydrogen-bond acceptors (Lipinski definition) is 3. The number of aromatic amines is 1. The van der Waals surface area contributed by atoms with Crippen LogP contribution in [0, 0.1) is 0 Å². The molecule has 1 aromatic heterocycles. The van der Waals surface area contributed by atoms with E-state index in [0.717, 1.165) is 16.0 Å². The fourth-order valence-electron chi connectivity index (χ4n) is 2.70. The van der Waals surface area contributed by atoms with E-state index in [-0.39, 0.29) is 0 Å². The number of H-pyrrole nitrogens is 1. The Labute approximate surface area is 133 Å². The molecule has 21 heavy (non-hydrogen) atoms. The van der Waals surface area contributed by atoms with Crippen LogP contribution in [0.4, 0.5) is 0 Å². The van der Waals surface area contributed by atoms with Crippen LogP contribution in [0.25, 0.3) is 11.3 Å². The third kappa shape index (κ3) is 3.80. The zero-order chi connectivity index (χ0) is 15.2. The van der Waals surface area contributed by atoms with Crippen LogP contribution in [0.5, 0.6) is 0 Å². The molecule has 1 saturated heterocycles. The molecule has 1 N–H and O–H groups in total. The first-order chi connectivity index (χ1) is 10.2. The predicted molar refractivity (Wildman–Crippen MR) is 88.1 cm³/mol. The maximum atomic E-state index is 8.00. The van der Waals surface area contributed by atoms with Gasteiger partial charge in [-0.05, 0) is 44.1 Å². The summed E-state index contributed by atoms with van der Waals surface area (Å²) in [5.41, 5.74) is 2.28. The standard InChI is InChI=1S/C15H18BrN3.CH2O/c1-19-9-3-2-4-14(19)15-17-10-13(18-15)11-5-7-12(16)8-6-11;1-2/h5-8,10,14H,2-4,9H2,1H3,(H,17,18);1H2/t14-;/m0./s1. The van der Waals surface area contributed by atoms with Gasteiger partial charge in [-0.1, -0.05) is 34.5 Å². The molecule has 1 atom stereocenters. The van der Waals surface area contributed by atoms with Gasteiger partial charge in [-0.3, -0.25) is 4.90 Å². The highest BCUT2D eigenvalue weighted by molar-refractivity contribution is 9.10. The fourth-order valence-corrected chi connectivity index (χ4v) is 2.97. The highest BCUT2D eigenvalue weighted by atomic mass is 79.9. The zero-order valence-electron chi connectivity index (χ0n) is 12.2. The summed E-state index contributed by atoms with van der Waals surface area (Å²) in [4.78, 5) is 18.5. The van der Waals surface area contributed by atoms with Gasteiger partial charge >= 0.3 is 0 Å². The Bertz CT molecular complexity index is 567. The number of aromatic nitrogens is 2. The molecule has 1 aromatic carbocycles. The van der Waals surface area contributed by atoms with Gasteiger partial charge in [-0.15, -0.1) is 0 Å². The summed E-state index contributed by atoms with van der Waals surface area (Å²) in [7, 11) is 2.19. The molecule has 5 heteroatoms. The third-order valence-corrected chi connectivity index (χ3v) is 4.37. The third-order valence-electron chi connectivity index (χ3n) is 3.84. The van der Waals surface area contributed by atoms with E-state index in [1.807, 2.05) is 13.0 Å². The molecule has 112 valence electrons. The smallest absolute Gasteiger partial charge is 0.123 e. The van der Waals surface area contributed by atoms with Gasteiger partial charge < -0.3 is 9.78 Å². The van der Waals surface area contributed by atoms with Crippen LogP contribution in [0.15, 0.2) is 34.9 Å². The Balaban J connectivity index is 0.000000774. The summed E-state index contributed by atoms with van der Waals surface area (Å²) in [6, 6.07) is 8.77. The molecule has 0 bridgehead atoms. The number of nitrogens with one attached hydrogen (secondary N) is 1. The number of likely N-dealkylation sites (tertiary alicyclic amines) is 1. The van der Waals surface area contributed by atoms with E-state index in [0.29, 0.717) is 6.04 Å². The molecule has 1 aliphatic heterocycles. The van der Waals surface area contributed by atoms with Gasteiger partial charge in [0, 0.05) is 4.47 Å². The maximum Gasteiger partial charge on any atom is 0.123 e. The minimum Gasteiger partial charge on any atom is -0.341 e. The highest BCUT2D eigenvalue weighted by Gasteiger charge is 2.23. The lowest BCUT2D eigenvalue weighted by Crippen LogP contribution is -2.30. The Hall–Kier alpha value is -1.46. The molecule has 0 saturated carbocycles. The number of rotatable bonds is 2. The minimum absolute atomic E-state index is 0.443. The molecule has 4 nitrogen and oxygen atoms in total. The summed E-state index contributed by atoms with van der Waals surface area (Å²) in [5, 5.41) is 0. The number of imidazole rings is 1. The van der Waals surface area contributed by atoms with E-state index in [4.69, 9.17) is 4.79 Å². The molecule has 1 fully saturated rings. The predicted octanol–water partition coefficient (Wildman–Crippen LogP) is 3.81. The zero-order valence-corrected chi connectivity index (χ0v) is 13.8. The largest absolute Gasteiger partial charge is 0.341 e. The fraction of sp³-hybridized carbons (Fsp3) is 0.375. The lowest BCUT2D eigenvalue weighted by atomic mass is 10.0. The molecule has 3 rings (SSSR count). The maximum absolute atomic E-state index is 8.00. The van der Waals surface area contributed by atoms with Crippen molar-refractivity contribution < 1.29 is 4.79 Å². The van der Waals surface area contributed by atoms with Crippen molar-refractivity contribution in [3.63, 3.8) is 0 Å². The van der Waals surface area contributed by atoms with Gasteiger partial charge in [0.2, 0.25) is 0 Å². The molecule has 1 aliphatic rings. The van der Waals surface area contributed by atoms with Gasteiger partial charge in [-0.2, -0.15) is 0 Å². The second-order valence-corrected chi connectivity index (χ2v) is 6.10. The molecule has 2 aromatic rings. The highest BCUT2D eigenvalue weighted by Crippen LogP contribution is 2.29. The molecule has 2 heterocycles. The number of nitrogens with zero attached hydrogens (tertiary/aromatic N) is 2. The van der Waals surface area contributed by atoms with E-state index in [9.17, 15) is 0 Å². The van der Waals surface area contributed by atoms with Gasteiger partial charge in [0.15, 0.2) is 0 Å². The van der Waals surface area contributed by atoms with Gasteiger partial charge in [0.05, 0.1) is 17.9 Å². The topological polar surface area (TPSA) is 49.0 Å². The number of benzene rings is 1. The summed E-state index contributed by atoms with van der Waals surface area (Å²) < 4.78 is 1.10. The number of carbonyl (C=O) groups is 1. The lowest BCUT2D eigenvalue weighted by Gasteiger charge is -2.30. The monoisotopic (exact) mass is 349 g/mol. The van der Waals surface area contributed by atoms with E-state index < -0.39 is 0 Å². The molecule has 0 amide bonds. The second kappa shape index (κ2) is 7.52. The lowest BCUT2D eigenvalue weighted by molar-refractivity contribution is -0.0979. The van der Waals surface area contributed by atoms with Crippen LogP contribution in [0.2, 0.25) is 0 Å². The molecule has 0 radical (unpaired) electrons. The van der Waals surface area contributed by atoms with Crippen LogP contribution in [0.1, 0.15) is 31.1 Å². The Morgan fingerprint density at radius 2 is 2.00 bits per heavy atom. The van der Waals surface area contributed by atoms with Crippen LogP contribution < -0.4 is 0 Å². The number of piperidine rings is 1. The SMILES string of the molecule is C=O.CN1CCCC[C@H]1c1ncc(-c2ccc(Br)cc2)[nH]1. The van der Waals surface area contributed by atoms with E-state index in [1.165, 1.54) is 31.4 Å². The van der Waals surface area contributed by atoms with Crippen LogP contribution in [-0.2, 0) is 4.79 Å². The first kappa shape index (κ1) is 15.9.